The Labute approximate surface area is 101 Å². The minimum absolute atomic E-state index is 0. The Balaban J connectivity index is 0. The van der Waals surface area contributed by atoms with Crippen molar-refractivity contribution in [1.29, 1.82) is 0 Å². The molecule has 0 saturated carbocycles. The summed E-state index contributed by atoms with van der Waals surface area (Å²) >= 11 is 0. The Morgan fingerprint density at radius 1 is 1.18 bits per heavy atom. The van der Waals surface area contributed by atoms with Gasteiger partial charge in [-0.1, -0.05) is 20.3 Å². The SMILES string of the molecule is CC(C)(O)Nc1c(F)cc(F)cc1F.CCC.[HH]. The average Bonchev–Trinajstić information content (AvgIpc) is 2.11. The molecule has 17 heavy (non-hydrogen) atoms. The first kappa shape index (κ1) is 15.8. The molecular formula is C12H20F3NO. The number of hydrogen-bond donors (Lipinski definition) is 2. The molecule has 5 heteroatoms. The van der Waals surface area contributed by atoms with E-state index in [1.807, 2.05) is 0 Å². The second kappa shape index (κ2) is 6.49. The molecule has 1 rings (SSSR count). The Kier molecular flexibility index (Phi) is 6.02. The molecule has 0 radical (unpaired) electrons. The van der Waals surface area contributed by atoms with E-state index in [4.69, 9.17) is 0 Å². The van der Waals surface area contributed by atoms with Crippen LogP contribution < -0.4 is 5.32 Å². The number of aliphatic hydroxyl groups is 1. The number of anilines is 1. The Hall–Kier alpha value is -1.23. The van der Waals surface area contributed by atoms with E-state index < -0.39 is 28.9 Å². The van der Waals surface area contributed by atoms with Crippen molar-refractivity contribution in [3.8, 4) is 0 Å². The molecule has 0 bridgehead atoms. The number of nitrogens with one attached hydrogen (secondary N) is 1. The van der Waals surface area contributed by atoms with E-state index in [1.165, 1.54) is 20.3 Å². The van der Waals surface area contributed by atoms with E-state index in [0.717, 1.165) is 0 Å². The summed E-state index contributed by atoms with van der Waals surface area (Å²) in [6, 6.07) is 1.08. The highest BCUT2D eigenvalue weighted by Crippen LogP contribution is 2.22. The second-order valence-electron chi connectivity index (χ2n) is 4.14. The van der Waals surface area contributed by atoms with E-state index in [9.17, 15) is 18.3 Å². The zero-order valence-corrected chi connectivity index (χ0v) is 10.4. The fraction of sp³-hybridized carbons (Fsp3) is 0.500. The van der Waals surface area contributed by atoms with E-state index in [0.29, 0.717) is 12.1 Å². The van der Waals surface area contributed by atoms with Gasteiger partial charge >= 0.3 is 0 Å². The Morgan fingerprint density at radius 3 is 1.82 bits per heavy atom. The van der Waals surface area contributed by atoms with Crippen molar-refractivity contribution in [3.63, 3.8) is 0 Å². The second-order valence-corrected chi connectivity index (χ2v) is 4.14. The van der Waals surface area contributed by atoms with Crippen LogP contribution in [-0.2, 0) is 0 Å². The predicted octanol–water partition coefficient (Wildman–Crippen LogP) is 3.91. The van der Waals surface area contributed by atoms with Crippen LogP contribution in [-0.4, -0.2) is 10.8 Å². The lowest BCUT2D eigenvalue weighted by Gasteiger charge is -2.21. The highest BCUT2D eigenvalue weighted by atomic mass is 19.1. The smallest absolute Gasteiger partial charge is 0.152 e. The van der Waals surface area contributed by atoms with Crippen molar-refractivity contribution >= 4 is 5.69 Å². The first-order valence-electron chi connectivity index (χ1n) is 5.36. The predicted molar refractivity (Wildman–Crippen MR) is 64.3 cm³/mol. The van der Waals surface area contributed by atoms with Crippen LogP contribution in [0.25, 0.3) is 0 Å². The minimum atomic E-state index is -1.47. The van der Waals surface area contributed by atoms with Crippen LogP contribution in [0.1, 0.15) is 35.5 Å². The van der Waals surface area contributed by atoms with Crippen molar-refractivity contribution < 1.29 is 19.7 Å². The van der Waals surface area contributed by atoms with Crippen molar-refractivity contribution in [2.75, 3.05) is 5.32 Å². The Morgan fingerprint density at radius 2 is 1.53 bits per heavy atom. The van der Waals surface area contributed by atoms with Gasteiger partial charge in [0.25, 0.3) is 0 Å². The van der Waals surface area contributed by atoms with Gasteiger partial charge in [-0.25, -0.2) is 13.2 Å². The summed E-state index contributed by atoms with van der Waals surface area (Å²) in [4.78, 5) is 0. The van der Waals surface area contributed by atoms with Gasteiger partial charge in [-0.2, -0.15) is 0 Å². The summed E-state index contributed by atoms with van der Waals surface area (Å²) < 4.78 is 38.4. The molecule has 0 aromatic heterocycles. The lowest BCUT2D eigenvalue weighted by atomic mass is 10.2. The fourth-order valence-corrected chi connectivity index (χ4v) is 0.968. The lowest BCUT2D eigenvalue weighted by molar-refractivity contribution is 0.110. The van der Waals surface area contributed by atoms with Gasteiger partial charge in [0.05, 0.1) is 0 Å². The molecule has 0 spiro atoms. The monoisotopic (exact) mass is 251 g/mol. The number of benzene rings is 1. The van der Waals surface area contributed by atoms with Crippen molar-refractivity contribution in [3.05, 3.63) is 29.6 Å². The van der Waals surface area contributed by atoms with E-state index >= 15 is 0 Å². The van der Waals surface area contributed by atoms with Crippen LogP contribution in [0.15, 0.2) is 12.1 Å². The van der Waals surface area contributed by atoms with Gasteiger partial charge in [0, 0.05) is 13.6 Å². The van der Waals surface area contributed by atoms with E-state index in [2.05, 4.69) is 19.2 Å². The van der Waals surface area contributed by atoms with Gasteiger partial charge < -0.3 is 10.4 Å². The summed E-state index contributed by atoms with van der Waals surface area (Å²) in [6.45, 7) is 6.88. The largest absolute Gasteiger partial charge is 0.372 e. The highest BCUT2D eigenvalue weighted by Gasteiger charge is 2.18. The third kappa shape index (κ3) is 6.16. The average molecular weight is 251 g/mol. The van der Waals surface area contributed by atoms with Crippen LogP contribution in [0.4, 0.5) is 18.9 Å². The molecule has 0 saturated heterocycles. The van der Waals surface area contributed by atoms with Crippen molar-refractivity contribution in [2.24, 2.45) is 0 Å². The van der Waals surface area contributed by atoms with Gasteiger partial charge in [-0.15, -0.1) is 0 Å². The van der Waals surface area contributed by atoms with Crippen molar-refractivity contribution in [1.82, 2.24) is 0 Å². The molecular weight excluding hydrogens is 231 g/mol. The zero-order chi connectivity index (χ0) is 13.6. The maximum Gasteiger partial charge on any atom is 0.152 e. The minimum Gasteiger partial charge on any atom is -0.372 e. The summed E-state index contributed by atoms with van der Waals surface area (Å²) in [5.41, 5.74) is -2.02. The first-order valence-corrected chi connectivity index (χ1v) is 5.36. The van der Waals surface area contributed by atoms with Gasteiger partial charge in [0.2, 0.25) is 0 Å². The summed E-state index contributed by atoms with van der Waals surface area (Å²) in [5, 5.41) is 11.4. The van der Waals surface area contributed by atoms with Crippen LogP contribution >= 0.6 is 0 Å². The molecule has 0 heterocycles. The van der Waals surface area contributed by atoms with Crippen LogP contribution in [0.3, 0.4) is 0 Å². The van der Waals surface area contributed by atoms with Gasteiger partial charge in [-0.05, 0) is 13.8 Å². The molecule has 1 aromatic carbocycles. The maximum absolute atomic E-state index is 13.0. The topological polar surface area (TPSA) is 32.3 Å². The fourth-order valence-electron chi connectivity index (χ4n) is 0.968. The summed E-state index contributed by atoms with van der Waals surface area (Å²) in [5.74, 6) is -3.16. The molecule has 0 aliphatic rings. The lowest BCUT2D eigenvalue weighted by Crippen LogP contribution is -2.31. The summed E-state index contributed by atoms with van der Waals surface area (Å²) in [7, 11) is 0. The third-order valence-electron chi connectivity index (χ3n) is 1.44. The van der Waals surface area contributed by atoms with Gasteiger partial charge in [-0.3, -0.25) is 0 Å². The molecule has 0 aliphatic carbocycles. The quantitative estimate of drug-likeness (QED) is 0.781. The molecule has 0 unspecified atom stereocenters. The zero-order valence-electron chi connectivity index (χ0n) is 10.4. The van der Waals surface area contributed by atoms with Crippen LogP contribution in [0, 0.1) is 17.5 Å². The van der Waals surface area contributed by atoms with Crippen LogP contribution in [0.5, 0.6) is 0 Å². The molecule has 2 N–H and O–H groups in total. The number of hydrogen-bond acceptors (Lipinski definition) is 2. The number of halogens is 3. The molecule has 1 aromatic rings. The van der Waals surface area contributed by atoms with Crippen molar-refractivity contribution in [2.45, 2.75) is 39.8 Å². The third-order valence-corrected chi connectivity index (χ3v) is 1.44. The molecule has 2 nitrogen and oxygen atoms in total. The van der Waals surface area contributed by atoms with Gasteiger partial charge in [0.15, 0.2) is 11.6 Å². The normalized spacial score (nSPS) is 10.6. The highest BCUT2D eigenvalue weighted by molar-refractivity contribution is 5.47. The molecule has 0 amide bonds. The molecule has 100 valence electrons. The number of rotatable bonds is 2. The molecule has 0 fully saturated rings. The summed E-state index contributed by atoms with van der Waals surface area (Å²) in [6.07, 6.45) is 1.25. The maximum atomic E-state index is 13.0. The van der Waals surface area contributed by atoms with E-state index in [-0.39, 0.29) is 1.43 Å². The Bertz CT molecular complexity index is 344. The van der Waals surface area contributed by atoms with Crippen LogP contribution in [0.2, 0.25) is 0 Å². The molecule has 0 aliphatic heterocycles. The standard InChI is InChI=1S/C9H10F3NO.C3H8.H2/c1-9(2,14)13-8-6(11)3-5(10)4-7(8)12;1-3-2;/h3-4,13-14H,1-2H3;3H2,1-2H3;1H. The van der Waals surface area contributed by atoms with E-state index in [1.54, 1.807) is 0 Å². The first-order chi connectivity index (χ1) is 7.71. The molecule has 0 atom stereocenters. The van der Waals surface area contributed by atoms with Gasteiger partial charge in [0.1, 0.15) is 17.2 Å².